The maximum Gasteiger partial charge on any atom is 0.320 e. The summed E-state index contributed by atoms with van der Waals surface area (Å²) in [5, 5.41) is 7.18. The van der Waals surface area contributed by atoms with E-state index in [0.717, 1.165) is 37.3 Å². The molecule has 0 aromatic carbocycles. The molecule has 1 saturated heterocycles. The number of aromatic nitrogens is 2. The molecule has 86 valence electrons. The zero-order valence-electron chi connectivity index (χ0n) is 9.49. The van der Waals surface area contributed by atoms with Gasteiger partial charge in [0.1, 0.15) is 0 Å². The fourth-order valence-electron chi connectivity index (χ4n) is 2.51. The zero-order valence-corrected chi connectivity index (χ0v) is 9.49. The van der Waals surface area contributed by atoms with Crippen molar-refractivity contribution in [2.75, 3.05) is 13.1 Å². The highest BCUT2D eigenvalue weighted by Crippen LogP contribution is 2.25. The minimum absolute atomic E-state index is 0.176. The van der Waals surface area contributed by atoms with Gasteiger partial charge in [-0.3, -0.25) is 5.10 Å². The van der Waals surface area contributed by atoms with Crippen LogP contribution in [0.1, 0.15) is 29.8 Å². The maximum atomic E-state index is 12.1. The molecule has 0 unspecified atom stereocenters. The number of H-pyrrole nitrogens is 1. The monoisotopic (exact) mass is 220 g/mol. The summed E-state index contributed by atoms with van der Waals surface area (Å²) in [6, 6.07) is 0.176. The predicted octanol–water partition coefficient (Wildman–Crippen LogP) is 1.25. The number of aromatic amines is 1. The van der Waals surface area contributed by atoms with Gasteiger partial charge >= 0.3 is 6.03 Å². The van der Waals surface area contributed by atoms with E-state index in [9.17, 15) is 4.79 Å². The summed E-state index contributed by atoms with van der Waals surface area (Å²) in [5.74, 6) is 0. The van der Waals surface area contributed by atoms with E-state index in [0.29, 0.717) is 13.1 Å². The molecule has 3 rings (SSSR count). The summed E-state index contributed by atoms with van der Waals surface area (Å²) < 4.78 is 0. The topological polar surface area (TPSA) is 52.2 Å². The van der Waals surface area contributed by atoms with E-state index in [-0.39, 0.29) is 6.03 Å². The highest BCUT2D eigenvalue weighted by Gasteiger charge is 2.30. The van der Waals surface area contributed by atoms with Crippen LogP contribution in [-0.4, -0.2) is 39.1 Å². The van der Waals surface area contributed by atoms with Gasteiger partial charge in [-0.2, -0.15) is 5.10 Å². The smallest absolute Gasteiger partial charge is 0.320 e. The van der Waals surface area contributed by atoms with Crippen LogP contribution in [0.25, 0.3) is 0 Å². The van der Waals surface area contributed by atoms with Crippen LogP contribution in [-0.2, 0) is 13.1 Å². The Bertz CT molecular complexity index is 420. The van der Waals surface area contributed by atoms with Crippen LogP contribution >= 0.6 is 0 Å². The normalized spacial score (nSPS) is 19.3. The Morgan fingerprint density at radius 1 is 1.25 bits per heavy atom. The lowest BCUT2D eigenvalue weighted by Gasteiger charge is -2.23. The molecule has 2 aliphatic rings. The number of urea groups is 1. The molecule has 5 nitrogen and oxygen atoms in total. The van der Waals surface area contributed by atoms with Crippen molar-refractivity contribution in [1.82, 2.24) is 20.0 Å². The van der Waals surface area contributed by atoms with E-state index in [1.807, 2.05) is 16.7 Å². The van der Waals surface area contributed by atoms with E-state index in [1.54, 1.807) is 0 Å². The van der Waals surface area contributed by atoms with E-state index < -0.39 is 0 Å². The number of fused-ring (bicyclic) bond motifs is 1. The lowest BCUT2D eigenvalue weighted by atomic mass is 10.2. The second-order valence-corrected chi connectivity index (χ2v) is 4.61. The lowest BCUT2D eigenvalue weighted by molar-refractivity contribution is 0.162. The van der Waals surface area contributed by atoms with Crippen molar-refractivity contribution < 1.29 is 4.79 Å². The lowest BCUT2D eigenvalue weighted by Crippen LogP contribution is -2.38. The SMILES string of the molecule is Cc1[nH]nc2c1CN(C(=O)N1CCCC1)C2. The van der Waals surface area contributed by atoms with Crippen LogP contribution in [0, 0.1) is 6.92 Å². The molecule has 0 spiro atoms. The number of carbonyl (C=O) groups excluding carboxylic acids is 1. The Balaban J connectivity index is 1.73. The van der Waals surface area contributed by atoms with E-state index in [1.165, 1.54) is 5.56 Å². The zero-order chi connectivity index (χ0) is 11.1. The number of nitrogens with zero attached hydrogens (tertiary/aromatic N) is 3. The maximum absolute atomic E-state index is 12.1. The Hall–Kier alpha value is -1.52. The standard InChI is InChI=1S/C11H16N4O/c1-8-9-6-15(7-10(9)13-12-8)11(16)14-4-2-3-5-14/h2-7H2,1H3,(H,12,13). The van der Waals surface area contributed by atoms with Crippen LogP contribution in [0.5, 0.6) is 0 Å². The summed E-state index contributed by atoms with van der Waals surface area (Å²) in [4.78, 5) is 16.0. The number of aryl methyl sites for hydroxylation is 1. The molecule has 2 amide bonds. The fourth-order valence-corrected chi connectivity index (χ4v) is 2.51. The second kappa shape index (κ2) is 3.50. The van der Waals surface area contributed by atoms with Gasteiger partial charge < -0.3 is 9.80 Å². The Kier molecular flexibility index (Phi) is 2.12. The van der Waals surface area contributed by atoms with Gasteiger partial charge in [0.25, 0.3) is 0 Å². The van der Waals surface area contributed by atoms with Gasteiger partial charge in [0.2, 0.25) is 0 Å². The minimum atomic E-state index is 0.176. The van der Waals surface area contributed by atoms with E-state index in [2.05, 4.69) is 10.2 Å². The van der Waals surface area contributed by atoms with Crippen LogP contribution < -0.4 is 0 Å². The summed E-state index contributed by atoms with van der Waals surface area (Å²) >= 11 is 0. The molecule has 1 fully saturated rings. The van der Waals surface area contributed by atoms with Gasteiger partial charge in [-0.1, -0.05) is 0 Å². The highest BCUT2D eigenvalue weighted by molar-refractivity contribution is 5.75. The summed E-state index contributed by atoms with van der Waals surface area (Å²) in [7, 11) is 0. The molecular formula is C11H16N4O. The number of rotatable bonds is 0. The van der Waals surface area contributed by atoms with E-state index >= 15 is 0 Å². The van der Waals surface area contributed by atoms with Crippen molar-refractivity contribution in [1.29, 1.82) is 0 Å². The number of nitrogens with one attached hydrogen (secondary N) is 1. The molecule has 16 heavy (non-hydrogen) atoms. The fraction of sp³-hybridized carbons (Fsp3) is 0.636. The average molecular weight is 220 g/mol. The third-order valence-electron chi connectivity index (χ3n) is 3.50. The molecule has 3 heterocycles. The summed E-state index contributed by atoms with van der Waals surface area (Å²) in [6.45, 7) is 5.22. The first kappa shape index (κ1) is 9.69. The Labute approximate surface area is 94.4 Å². The van der Waals surface area contributed by atoms with Gasteiger partial charge in [-0.15, -0.1) is 0 Å². The van der Waals surface area contributed by atoms with Gasteiger partial charge in [-0.25, -0.2) is 4.79 Å². The largest absolute Gasteiger partial charge is 0.325 e. The van der Waals surface area contributed by atoms with Crippen LogP contribution in [0.2, 0.25) is 0 Å². The molecule has 0 saturated carbocycles. The number of hydrogen-bond donors (Lipinski definition) is 1. The third-order valence-corrected chi connectivity index (χ3v) is 3.50. The molecule has 0 bridgehead atoms. The summed E-state index contributed by atoms with van der Waals surface area (Å²) in [5.41, 5.74) is 3.32. The number of hydrogen-bond acceptors (Lipinski definition) is 2. The Morgan fingerprint density at radius 3 is 2.69 bits per heavy atom. The van der Waals surface area contributed by atoms with E-state index in [4.69, 9.17) is 0 Å². The van der Waals surface area contributed by atoms with Crippen molar-refractivity contribution in [3.63, 3.8) is 0 Å². The first-order valence-corrected chi connectivity index (χ1v) is 5.82. The molecule has 0 aliphatic carbocycles. The molecule has 1 aromatic rings. The van der Waals surface area contributed by atoms with Gasteiger partial charge in [0, 0.05) is 24.3 Å². The number of carbonyl (C=O) groups is 1. The van der Waals surface area contributed by atoms with Gasteiger partial charge in [0.15, 0.2) is 0 Å². The van der Waals surface area contributed by atoms with Crippen LogP contribution in [0.3, 0.4) is 0 Å². The molecule has 1 aromatic heterocycles. The van der Waals surface area contributed by atoms with Crippen molar-refractivity contribution in [3.05, 3.63) is 17.0 Å². The molecule has 0 radical (unpaired) electrons. The van der Waals surface area contributed by atoms with Crippen LogP contribution in [0.4, 0.5) is 4.79 Å². The third kappa shape index (κ3) is 1.38. The predicted molar refractivity (Wildman–Crippen MR) is 58.8 cm³/mol. The molecular weight excluding hydrogens is 204 g/mol. The quantitative estimate of drug-likeness (QED) is 0.715. The molecule has 0 atom stereocenters. The van der Waals surface area contributed by atoms with Gasteiger partial charge in [-0.05, 0) is 19.8 Å². The average Bonchev–Trinajstić information content (AvgIpc) is 2.96. The molecule has 2 aliphatic heterocycles. The van der Waals surface area contributed by atoms with Crippen molar-refractivity contribution in [3.8, 4) is 0 Å². The Morgan fingerprint density at radius 2 is 2.00 bits per heavy atom. The first-order chi connectivity index (χ1) is 7.75. The van der Waals surface area contributed by atoms with Crippen LogP contribution in [0.15, 0.2) is 0 Å². The van der Waals surface area contributed by atoms with Crippen molar-refractivity contribution in [2.24, 2.45) is 0 Å². The van der Waals surface area contributed by atoms with Gasteiger partial charge in [0.05, 0.1) is 18.8 Å². The first-order valence-electron chi connectivity index (χ1n) is 5.82. The number of amides is 2. The van der Waals surface area contributed by atoms with Crippen molar-refractivity contribution >= 4 is 6.03 Å². The number of likely N-dealkylation sites (tertiary alicyclic amines) is 1. The highest BCUT2D eigenvalue weighted by atomic mass is 16.2. The second-order valence-electron chi connectivity index (χ2n) is 4.61. The molecule has 1 N–H and O–H groups in total. The molecule has 5 heteroatoms. The summed E-state index contributed by atoms with van der Waals surface area (Å²) in [6.07, 6.45) is 2.29. The minimum Gasteiger partial charge on any atom is -0.325 e. The van der Waals surface area contributed by atoms with Crippen molar-refractivity contribution in [2.45, 2.75) is 32.9 Å².